The van der Waals surface area contributed by atoms with E-state index in [2.05, 4.69) is 10.3 Å². The van der Waals surface area contributed by atoms with E-state index >= 15 is 0 Å². The maximum Gasteiger partial charge on any atom is 0.232 e. The van der Waals surface area contributed by atoms with Crippen LogP contribution in [0.15, 0.2) is 12.3 Å². The summed E-state index contributed by atoms with van der Waals surface area (Å²) in [5, 5.41) is 2.56. The summed E-state index contributed by atoms with van der Waals surface area (Å²) in [5.74, 6) is -0.336. The number of nitrogens with zero attached hydrogens (tertiary/aromatic N) is 1. The van der Waals surface area contributed by atoms with Gasteiger partial charge in [0.25, 0.3) is 0 Å². The quantitative estimate of drug-likeness (QED) is 0.630. The van der Waals surface area contributed by atoms with Crippen molar-refractivity contribution in [3.8, 4) is 0 Å². The number of aromatic nitrogens is 1. The van der Waals surface area contributed by atoms with Crippen molar-refractivity contribution in [1.29, 1.82) is 0 Å². The third-order valence-corrected chi connectivity index (χ3v) is 1.99. The molecule has 1 aromatic rings. The van der Waals surface area contributed by atoms with Gasteiger partial charge in [-0.2, -0.15) is 0 Å². The summed E-state index contributed by atoms with van der Waals surface area (Å²) in [6.07, 6.45) is 1.09. The first-order chi connectivity index (χ1) is 5.68. The summed E-state index contributed by atoms with van der Waals surface area (Å²) in [6.45, 7) is 1.72. The van der Waals surface area contributed by atoms with Crippen LogP contribution in [-0.4, -0.2) is 10.9 Å². The molecule has 0 saturated carbocycles. The lowest BCUT2D eigenvalue weighted by Crippen LogP contribution is -2.08. The zero-order valence-corrected chi connectivity index (χ0v) is 6.47. The molecule has 1 aromatic heterocycles. The molecule has 1 atom stereocenters. The Morgan fingerprint density at radius 1 is 1.67 bits per heavy atom. The minimum absolute atomic E-state index is 0.122. The second kappa shape index (κ2) is 2.27. The standard InChI is InChI=1S/C8H7FN2O/c1-4-6-2-5(9)3-10-7(6)11-8(4)12/h2-4H,1H3,(H,10,11,12). The van der Waals surface area contributed by atoms with Crippen molar-refractivity contribution in [2.75, 3.05) is 5.32 Å². The summed E-state index contributed by atoms with van der Waals surface area (Å²) < 4.78 is 12.7. The van der Waals surface area contributed by atoms with Crippen LogP contribution < -0.4 is 5.32 Å². The molecule has 0 radical (unpaired) electrons. The maximum absolute atomic E-state index is 12.7. The molecule has 62 valence electrons. The first kappa shape index (κ1) is 7.21. The molecule has 2 heterocycles. The van der Waals surface area contributed by atoms with E-state index in [1.54, 1.807) is 6.92 Å². The summed E-state index contributed by atoms with van der Waals surface area (Å²) in [6, 6.07) is 1.34. The van der Waals surface area contributed by atoms with Crippen LogP contribution in [0.3, 0.4) is 0 Å². The van der Waals surface area contributed by atoms with Gasteiger partial charge in [-0.25, -0.2) is 9.37 Å². The molecule has 1 aliphatic heterocycles. The predicted octanol–water partition coefficient (Wildman–Crippen LogP) is 1.28. The largest absolute Gasteiger partial charge is 0.310 e. The average molecular weight is 166 g/mol. The molecule has 0 aromatic carbocycles. The van der Waals surface area contributed by atoms with Gasteiger partial charge in [0.05, 0.1) is 12.1 Å². The van der Waals surface area contributed by atoms with E-state index < -0.39 is 5.82 Å². The lowest BCUT2D eigenvalue weighted by Gasteiger charge is -1.98. The predicted molar refractivity (Wildman–Crippen MR) is 41.2 cm³/mol. The fourth-order valence-corrected chi connectivity index (χ4v) is 1.26. The number of fused-ring (bicyclic) bond motifs is 1. The van der Waals surface area contributed by atoms with Gasteiger partial charge in [-0.15, -0.1) is 0 Å². The number of pyridine rings is 1. The van der Waals surface area contributed by atoms with E-state index in [1.807, 2.05) is 0 Å². The van der Waals surface area contributed by atoms with Crippen LogP contribution in [-0.2, 0) is 4.79 Å². The molecular formula is C8H7FN2O. The molecule has 0 saturated heterocycles. The van der Waals surface area contributed by atoms with E-state index in [1.165, 1.54) is 6.07 Å². The number of anilines is 1. The van der Waals surface area contributed by atoms with Gasteiger partial charge in [0.15, 0.2) is 0 Å². The first-order valence-electron chi connectivity index (χ1n) is 3.65. The van der Waals surface area contributed by atoms with Gasteiger partial charge in [-0.3, -0.25) is 4.79 Å². The summed E-state index contributed by atoms with van der Waals surface area (Å²) >= 11 is 0. The Morgan fingerprint density at radius 2 is 2.42 bits per heavy atom. The van der Waals surface area contributed by atoms with Crippen LogP contribution in [0.2, 0.25) is 0 Å². The van der Waals surface area contributed by atoms with Gasteiger partial charge >= 0.3 is 0 Å². The molecule has 0 bridgehead atoms. The van der Waals surface area contributed by atoms with E-state index in [-0.39, 0.29) is 11.8 Å². The number of hydrogen-bond donors (Lipinski definition) is 1. The molecular weight excluding hydrogens is 159 g/mol. The topological polar surface area (TPSA) is 42.0 Å². The molecule has 0 fully saturated rings. The van der Waals surface area contributed by atoms with Gasteiger partial charge < -0.3 is 5.32 Å². The Bertz CT molecular complexity index is 351. The van der Waals surface area contributed by atoms with E-state index in [9.17, 15) is 9.18 Å². The molecule has 3 nitrogen and oxygen atoms in total. The molecule has 1 N–H and O–H groups in total. The highest BCUT2D eigenvalue weighted by molar-refractivity contribution is 6.01. The Morgan fingerprint density at radius 3 is 3.17 bits per heavy atom. The lowest BCUT2D eigenvalue weighted by atomic mass is 10.1. The van der Waals surface area contributed by atoms with Gasteiger partial charge in [-0.05, 0) is 13.0 Å². The molecule has 0 aliphatic carbocycles. The number of nitrogens with one attached hydrogen (secondary N) is 1. The summed E-state index contributed by atoms with van der Waals surface area (Å²) in [7, 11) is 0. The number of carbonyl (C=O) groups excluding carboxylic acids is 1. The number of carbonyl (C=O) groups is 1. The van der Waals surface area contributed by atoms with Gasteiger partial charge in [-0.1, -0.05) is 0 Å². The Balaban J connectivity index is 2.55. The third kappa shape index (κ3) is 0.879. The van der Waals surface area contributed by atoms with Crippen molar-refractivity contribution >= 4 is 11.7 Å². The summed E-state index contributed by atoms with van der Waals surface area (Å²) in [4.78, 5) is 14.8. The van der Waals surface area contributed by atoms with Crippen molar-refractivity contribution in [3.05, 3.63) is 23.6 Å². The SMILES string of the molecule is CC1C(=O)Nc2ncc(F)cc21. The second-order valence-electron chi connectivity index (χ2n) is 2.80. The lowest BCUT2D eigenvalue weighted by molar-refractivity contribution is -0.116. The monoisotopic (exact) mass is 166 g/mol. The summed E-state index contributed by atoms with van der Waals surface area (Å²) in [5.41, 5.74) is 0.639. The Kier molecular flexibility index (Phi) is 1.36. The Hall–Kier alpha value is -1.45. The Labute approximate surface area is 68.6 Å². The van der Waals surface area contributed by atoms with E-state index in [4.69, 9.17) is 0 Å². The normalized spacial score (nSPS) is 20.5. The molecule has 1 unspecified atom stereocenters. The fourth-order valence-electron chi connectivity index (χ4n) is 1.26. The third-order valence-electron chi connectivity index (χ3n) is 1.99. The van der Waals surface area contributed by atoms with Gasteiger partial charge in [0.1, 0.15) is 11.6 Å². The minimum atomic E-state index is -0.405. The molecule has 1 amide bonds. The van der Waals surface area contributed by atoms with Crippen molar-refractivity contribution < 1.29 is 9.18 Å². The van der Waals surface area contributed by atoms with Crippen LogP contribution >= 0.6 is 0 Å². The zero-order chi connectivity index (χ0) is 8.72. The average Bonchev–Trinajstić information content (AvgIpc) is 2.31. The van der Waals surface area contributed by atoms with Gasteiger partial charge in [0, 0.05) is 5.56 Å². The molecule has 4 heteroatoms. The second-order valence-corrected chi connectivity index (χ2v) is 2.80. The highest BCUT2D eigenvalue weighted by Crippen LogP contribution is 2.29. The highest BCUT2D eigenvalue weighted by atomic mass is 19.1. The fraction of sp³-hybridized carbons (Fsp3) is 0.250. The molecule has 0 spiro atoms. The highest BCUT2D eigenvalue weighted by Gasteiger charge is 2.27. The first-order valence-corrected chi connectivity index (χ1v) is 3.65. The van der Waals surface area contributed by atoms with Crippen molar-refractivity contribution in [3.63, 3.8) is 0 Å². The number of amides is 1. The molecule has 1 aliphatic rings. The van der Waals surface area contributed by atoms with Crippen molar-refractivity contribution in [2.45, 2.75) is 12.8 Å². The smallest absolute Gasteiger partial charge is 0.232 e. The molecule has 2 rings (SSSR count). The van der Waals surface area contributed by atoms with Crippen molar-refractivity contribution in [1.82, 2.24) is 4.98 Å². The van der Waals surface area contributed by atoms with Crippen LogP contribution in [0.1, 0.15) is 18.4 Å². The number of hydrogen-bond acceptors (Lipinski definition) is 2. The van der Waals surface area contributed by atoms with Crippen LogP contribution in [0, 0.1) is 5.82 Å². The molecule has 12 heavy (non-hydrogen) atoms. The van der Waals surface area contributed by atoms with Crippen LogP contribution in [0.5, 0.6) is 0 Å². The van der Waals surface area contributed by atoms with E-state index in [0.29, 0.717) is 11.4 Å². The number of halogens is 1. The van der Waals surface area contributed by atoms with Crippen LogP contribution in [0.4, 0.5) is 10.2 Å². The maximum atomic E-state index is 12.7. The van der Waals surface area contributed by atoms with Crippen LogP contribution in [0.25, 0.3) is 0 Å². The minimum Gasteiger partial charge on any atom is -0.310 e. The van der Waals surface area contributed by atoms with E-state index in [0.717, 1.165) is 6.20 Å². The number of rotatable bonds is 0. The van der Waals surface area contributed by atoms with Gasteiger partial charge in [0.2, 0.25) is 5.91 Å². The van der Waals surface area contributed by atoms with Crippen molar-refractivity contribution in [2.24, 2.45) is 0 Å². The zero-order valence-electron chi connectivity index (χ0n) is 6.47.